The number of anilines is 1. The number of carboxylic acids is 1. The third-order valence-electron chi connectivity index (χ3n) is 2.90. The number of carbonyl (C=O) groups excluding carboxylic acids is 1. The lowest BCUT2D eigenvalue weighted by Gasteiger charge is -2.09. The number of urea groups is 1. The molecule has 0 aliphatic carbocycles. The SMILES string of the molecule is Cc1cc(C)nc(-n2nccc2NC(=O)NCCCC(=O)O)n1. The molecule has 2 aromatic rings. The highest BCUT2D eigenvalue weighted by atomic mass is 16.4. The molecule has 23 heavy (non-hydrogen) atoms. The van der Waals surface area contributed by atoms with Crippen LogP contribution in [-0.4, -0.2) is 43.4 Å². The topological polar surface area (TPSA) is 122 Å². The molecule has 2 aromatic heterocycles. The van der Waals surface area contributed by atoms with E-state index in [0.717, 1.165) is 11.4 Å². The van der Waals surface area contributed by atoms with E-state index in [1.54, 1.807) is 6.07 Å². The van der Waals surface area contributed by atoms with E-state index >= 15 is 0 Å². The Kier molecular flexibility index (Phi) is 5.23. The van der Waals surface area contributed by atoms with E-state index in [1.165, 1.54) is 10.9 Å². The monoisotopic (exact) mass is 318 g/mol. The minimum atomic E-state index is -0.891. The summed E-state index contributed by atoms with van der Waals surface area (Å²) in [7, 11) is 0. The van der Waals surface area contributed by atoms with Crippen LogP contribution in [0, 0.1) is 13.8 Å². The molecule has 2 amide bonds. The predicted octanol–water partition coefficient (Wildman–Crippen LogP) is 1.27. The van der Waals surface area contributed by atoms with Crippen LogP contribution in [0.3, 0.4) is 0 Å². The molecule has 0 unspecified atom stereocenters. The first-order chi connectivity index (χ1) is 11.0. The van der Waals surface area contributed by atoms with E-state index < -0.39 is 12.0 Å². The number of carboxylic acid groups (broad SMARTS) is 1. The highest BCUT2D eigenvalue weighted by molar-refractivity contribution is 5.88. The molecule has 0 bridgehead atoms. The van der Waals surface area contributed by atoms with Crippen molar-refractivity contribution >= 4 is 17.8 Å². The van der Waals surface area contributed by atoms with Crippen LogP contribution in [0.5, 0.6) is 0 Å². The molecule has 0 aliphatic rings. The first kappa shape index (κ1) is 16.4. The molecule has 0 fully saturated rings. The van der Waals surface area contributed by atoms with E-state index in [4.69, 9.17) is 5.11 Å². The lowest BCUT2D eigenvalue weighted by molar-refractivity contribution is -0.137. The van der Waals surface area contributed by atoms with Crippen LogP contribution in [0.2, 0.25) is 0 Å². The molecule has 0 atom stereocenters. The Morgan fingerprint density at radius 3 is 2.61 bits per heavy atom. The van der Waals surface area contributed by atoms with Gasteiger partial charge in [-0.15, -0.1) is 0 Å². The zero-order chi connectivity index (χ0) is 16.8. The van der Waals surface area contributed by atoms with Gasteiger partial charge in [-0.1, -0.05) is 0 Å². The third-order valence-corrected chi connectivity index (χ3v) is 2.90. The summed E-state index contributed by atoms with van der Waals surface area (Å²) in [4.78, 5) is 30.8. The van der Waals surface area contributed by atoms with Crippen molar-refractivity contribution in [3.63, 3.8) is 0 Å². The van der Waals surface area contributed by atoms with Gasteiger partial charge in [0.1, 0.15) is 5.82 Å². The largest absolute Gasteiger partial charge is 0.481 e. The zero-order valence-corrected chi connectivity index (χ0v) is 12.9. The first-order valence-electron chi connectivity index (χ1n) is 7.09. The fourth-order valence-corrected chi connectivity index (χ4v) is 1.96. The predicted molar refractivity (Wildman–Crippen MR) is 82.5 cm³/mol. The molecule has 9 heteroatoms. The quantitative estimate of drug-likeness (QED) is 0.689. The second-order valence-electron chi connectivity index (χ2n) is 4.96. The van der Waals surface area contributed by atoms with Gasteiger partial charge in [0.25, 0.3) is 5.95 Å². The van der Waals surface area contributed by atoms with Crippen LogP contribution in [0.1, 0.15) is 24.2 Å². The number of aliphatic carboxylic acids is 1. The Hall–Kier alpha value is -2.97. The van der Waals surface area contributed by atoms with Crippen LogP contribution in [0.25, 0.3) is 5.95 Å². The number of amides is 2. The van der Waals surface area contributed by atoms with Crippen molar-refractivity contribution in [2.75, 3.05) is 11.9 Å². The normalized spacial score (nSPS) is 10.3. The number of hydrogen-bond donors (Lipinski definition) is 3. The Labute approximate surface area is 132 Å². The summed E-state index contributed by atoms with van der Waals surface area (Å²) in [6.07, 6.45) is 1.90. The van der Waals surface area contributed by atoms with Gasteiger partial charge in [-0.05, 0) is 26.3 Å². The summed E-state index contributed by atoms with van der Waals surface area (Å²) in [6.45, 7) is 3.97. The van der Waals surface area contributed by atoms with Crippen LogP contribution in [0.15, 0.2) is 18.3 Å². The molecule has 9 nitrogen and oxygen atoms in total. The van der Waals surface area contributed by atoms with Gasteiger partial charge in [0.2, 0.25) is 0 Å². The molecule has 2 heterocycles. The molecule has 0 aliphatic heterocycles. The van der Waals surface area contributed by atoms with Crippen molar-refractivity contribution in [1.29, 1.82) is 0 Å². The van der Waals surface area contributed by atoms with Gasteiger partial charge >= 0.3 is 12.0 Å². The highest BCUT2D eigenvalue weighted by Crippen LogP contribution is 2.12. The Bertz CT molecular complexity index is 692. The van der Waals surface area contributed by atoms with Gasteiger partial charge < -0.3 is 10.4 Å². The average molecular weight is 318 g/mol. The molecule has 0 spiro atoms. The molecule has 0 radical (unpaired) electrons. The van der Waals surface area contributed by atoms with Gasteiger partial charge in [-0.3, -0.25) is 10.1 Å². The lowest BCUT2D eigenvalue weighted by atomic mass is 10.3. The molecule has 122 valence electrons. The number of carbonyl (C=O) groups is 2. The third kappa shape index (κ3) is 4.77. The van der Waals surface area contributed by atoms with Crippen molar-refractivity contribution in [1.82, 2.24) is 25.1 Å². The van der Waals surface area contributed by atoms with E-state index in [1.807, 2.05) is 19.9 Å². The van der Waals surface area contributed by atoms with Crippen molar-refractivity contribution in [3.8, 4) is 5.95 Å². The van der Waals surface area contributed by atoms with Gasteiger partial charge in [-0.25, -0.2) is 14.8 Å². The smallest absolute Gasteiger partial charge is 0.320 e. The summed E-state index contributed by atoms with van der Waals surface area (Å²) in [5, 5.41) is 17.9. The van der Waals surface area contributed by atoms with E-state index in [0.29, 0.717) is 18.2 Å². The summed E-state index contributed by atoms with van der Waals surface area (Å²) in [5.74, 6) is -0.100. The number of hydrogen-bond acceptors (Lipinski definition) is 5. The van der Waals surface area contributed by atoms with Gasteiger partial charge in [-0.2, -0.15) is 9.78 Å². The molecule has 2 rings (SSSR count). The molecular weight excluding hydrogens is 300 g/mol. The summed E-state index contributed by atoms with van der Waals surface area (Å²) < 4.78 is 1.43. The molecule has 0 saturated carbocycles. The maximum atomic E-state index is 11.8. The fourth-order valence-electron chi connectivity index (χ4n) is 1.96. The molecular formula is C14H18N6O3. The van der Waals surface area contributed by atoms with Crippen molar-refractivity contribution in [3.05, 3.63) is 29.7 Å². The van der Waals surface area contributed by atoms with Crippen molar-refractivity contribution in [2.24, 2.45) is 0 Å². The minimum Gasteiger partial charge on any atom is -0.481 e. The summed E-state index contributed by atoms with van der Waals surface area (Å²) in [5.41, 5.74) is 1.60. The van der Waals surface area contributed by atoms with E-state index in [9.17, 15) is 9.59 Å². The highest BCUT2D eigenvalue weighted by Gasteiger charge is 2.11. The zero-order valence-electron chi connectivity index (χ0n) is 12.9. The second-order valence-corrected chi connectivity index (χ2v) is 4.96. The van der Waals surface area contributed by atoms with Crippen LogP contribution < -0.4 is 10.6 Å². The van der Waals surface area contributed by atoms with Gasteiger partial charge in [0.05, 0.1) is 6.20 Å². The number of nitrogens with zero attached hydrogens (tertiary/aromatic N) is 4. The van der Waals surface area contributed by atoms with Crippen LogP contribution >= 0.6 is 0 Å². The van der Waals surface area contributed by atoms with Crippen LogP contribution in [-0.2, 0) is 4.79 Å². The number of rotatable bonds is 6. The number of aryl methyl sites for hydroxylation is 2. The molecule has 0 aromatic carbocycles. The van der Waals surface area contributed by atoms with Gasteiger partial charge in [0.15, 0.2) is 0 Å². The van der Waals surface area contributed by atoms with Crippen LogP contribution in [0.4, 0.5) is 10.6 Å². The Morgan fingerprint density at radius 1 is 1.26 bits per heavy atom. The van der Waals surface area contributed by atoms with E-state index in [-0.39, 0.29) is 13.0 Å². The fraction of sp³-hybridized carbons (Fsp3) is 0.357. The maximum absolute atomic E-state index is 11.8. The standard InChI is InChI=1S/C14H18N6O3/c1-9-8-10(2)18-13(17-9)20-11(5-7-16-20)19-14(23)15-6-3-4-12(21)22/h5,7-8H,3-4,6H2,1-2H3,(H,21,22)(H2,15,19,23). The number of aromatic nitrogens is 4. The van der Waals surface area contributed by atoms with Gasteiger partial charge in [0, 0.05) is 30.4 Å². The first-order valence-corrected chi connectivity index (χ1v) is 7.09. The second kappa shape index (κ2) is 7.34. The summed E-state index contributed by atoms with van der Waals surface area (Å²) >= 11 is 0. The maximum Gasteiger partial charge on any atom is 0.320 e. The minimum absolute atomic E-state index is 0.00855. The Morgan fingerprint density at radius 2 is 1.96 bits per heavy atom. The molecule has 3 N–H and O–H groups in total. The van der Waals surface area contributed by atoms with E-state index in [2.05, 4.69) is 25.7 Å². The number of nitrogens with one attached hydrogen (secondary N) is 2. The Balaban J connectivity index is 2.01. The summed E-state index contributed by atoms with van der Waals surface area (Å²) in [6, 6.07) is 3.02. The lowest BCUT2D eigenvalue weighted by Crippen LogP contribution is -2.30. The average Bonchev–Trinajstić information content (AvgIpc) is 2.90. The van der Waals surface area contributed by atoms with Crippen molar-refractivity contribution in [2.45, 2.75) is 26.7 Å². The molecule has 0 saturated heterocycles. The van der Waals surface area contributed by atoms with Crippen molar-refractivity contribution < 1.29 is 14.7 Å².